The van der Waals surface area contributed by atoms with Crippen molar-refractivity contribution in [1.82, 2.24) is 10.3 Å². The lowest BCUT2D eigenvalue weighted by atomic mass is 10.2. The second-order valence-corrected chi connectivity index (χ2v) is 5.51. The van der Waals surface area contributed by atoms with Crippen molar-refractivity contribution in [3.63, 3.8) is 0 Å². The molecule has 3 nitrogen and oxygen atoms in total. The van der Waals surface area contributed by atoms with Crippen molar-refractivity contribution in [2.75, 3.05) is 0 Å². The molecule has 0 fully saturated rings. The van der Waals surface area contributed by atoms with E-state index in [2.05, 4.69) is 10.3 Å². The summed E-state index contributed by atoms with van der Waals surface area (Å²) in [6.45, 7) is 6.30. The fraction of sp³-hybridized carbons (Fsp3) is 0.312. The number of ether oxygens (including phenoxy) is 1. The zero-order valence-corrected chi connectivity index (χ0v) is 13.0. The molecule has 0 radical (unpaired) electrons. The summed E-state index contributed by atoms with van der Waals surface area (Å²) in [5, 5.41) is 3.79. The zero-order chi connectivity index (χ0) is 15.4. The van der Waals surface area contributed by atoms with Crippen molar-refractivity contribution in [3.8, 4) is 11.6 Å². The van der Waals surface area contributed by atoms with E-state index in [1.165, 1.54) is 0 Å². The van der Waals surface area contributed by atoms with Crippen LogP contribution >= 0.6 is 11.6 Å². The van der Waals surface area contributed by atoms with Gasteiger partial charge in [-0.3, -0.25) is 0 Å². The van der Waals surface area contributed by atoms with Gasteiger partial charge in [0.1, 0.15) is 0 Å². The van der Waals surface area contributed by atoms with Crippen LogP contribution in [0.15, 0.2) is 30.3 Å². The predicted molar refractivity (Wildman–Crippen MR) is 82.4 cm³/mol. The molecular formula is C16H18ClFN2O. The van der Waals surface area contributed by atoms with Gasteiger partial charge in [0.25, 0.3) is 0 Å². The van der Waals surface area contributed by atoms with E-state index in [9.17, 15) is 4.39 Å². The fourth-order valence-electron chi connectivity index (χ4n) is 1.76. The smallest absolute Gasteiger partial charge is 0.219 e. The molecular weight excluding hydrogens is 291 g/mol. The maximum atomic E-state index is 13.9. The molecule has 0 saturated heterocycles. The summed E-state index contributed by atoms with van der Waals surface area (Å²) < 4.78 is 19.4. The van der Waals surface area contributed by atoms with Crippen molar-refractivity contribution < 1.29 is 9.13 Å². The van der Waals surface area contributed by atoms with Gasteiger partial charge in [-0.2, -0.15) is 0 Å². The summed E-state index contributed by atoms with van der Waals surface area (Å²) in [6.07, 6.45) is 0. The highest BCUT2D eigenvalue weighted by molar-refractivity contribution is 6.31. The van der Waals surface area contributed by atoms with Crippen LogP contribution in [-0.2, 0) is 6.54 Å². The van der Waals surface area contributed by atoms with Crippen LogP contribution in [0.2, 0.25) is 5.02 Å². The number of nitrogens with zero attached hydrogens (tertiary/aromatic N) is 1. The number of hydrogen-bond acceptors (Lipinski definition) is 3. The molecule has 0 saturated carbocycles. The summed E-state index contributed by atoms with van der Waals surface area (Å²) in [7, 11) is 0. The summed E-state index contributed by atoms with van der Waals surface area (Å²) in [5.41, 5.74) is 1.21. The van der Waals surface area contributed by atoms with Crippen molar-refractivity contribution in [2.24, 2.45) is 0 Å². The molecule has 2 aromatic rings. The molecule has 1 heterocycles. The average molecular weight is 309 g/mol. The van der Waals surface area contributed by atoms with Crippen LogP contribution in [0.5, 0.6) is 11.6 Å². The summed E-state index contributed by atoms with van der Waals surface area (Å²) in [5.74, 6) is 0.105. The van der Waals surface area contributed by atoms with Crippen LogP contribution in [0.4, 0.5) is 4.39 Å². The Labute approximate surface area is 129 Å². The van der Waals surface area contributed by atoms with Gasteiger partial charge in [-0.1, -0.05) is 37.6 Å². The molecule has 5 heteroatoms. The van der Waals surface area contributed by atoms with Gasteiger partial charge in [0, 0.05) is 18.7 Å². The molecule has 0 aliphatic heterocycles. The minimum Gasteiger partial charge on any atom is -0.436 e. The molecule has 1 aromatic carbocycles. The Kier molecular flexibility index (Phi) is 5.15. The van der Waals surface area contributed by atoms with Crippen molar-refractivity contribution in [3.05, 3.63) is 52.4 Å². The van der Waals surface area contributed by atoms with E-state index in [1.54, 1.807) is 37.3 Å². The first-order valence-electron chi connectivity index (χ1n) is 6.79. The van der Waals surface area contributed by atoms with E-state index < -0.39 is 0 Å². The number of aromatic nitrogens is 1. The first-order chi connectivity index (χ1) is 9.97. The standard InChI is InChI=1S/C16H18ClFN2O/c1-10(2)19-9-13-12(17)7-8-15(20-13)21-14-6-4-5-11(3)16(14)18/h4-8,10,19H,9H2,1-3H3. The minimum atomic E-state index is -0.379. The van der Waals surface area contributed by atoms with Gasteiger partial charge >= 0.3 is 0 Å². The molecule has 0 aliphatic rings. The molecule has 0 spiro atoms. The highest BCUT2D eigenvalue weighted by Gasteiger charge is 2.10. The minimum absolute atomic E-state index is 0.160. The average Bonchev–Trinajstić information content (AvgIpc) is 2.44. The lowest BCUT2D eigenvalue weighted by Gasteiger charge is -2.11. The normalized spacial score (nSPS) is 11.0. The third kappa shape index (κ3) is 4.16. The Balaban J connectivity index is 2.20. The molecule has 2 rings (SSSR count). The highest BCUT2D eigenvalue weighted by Crippen LogP contribution is 2.26. The predicted octanol–water partition coefficient (Wildman–Crippen LogP) is 4.47. The number of rotatable bonds is 5. The Morgan fingerprint density at radius 1 is 1.29 bits per heavy atom. The van der Waals surface area contributed by atoms with Crippen LogP contribution in [0.1, 0.15) is 25.1 Å². The van der Waals surface area contributed by atoms with E-state index in [0.29, 0.717) is 34.7 Å². The van der Waals surface area contributed by atoms with Gasteiger partial charge < -0.3 is 10.1 Å². The van der Waals surface area contributed by atoms with Crippen molar-refractivity contribution in [1.29, 1.82) is 0 Å². The maximum Gasteiger partial charge on any atom is 0.219 e. The number of halogens is 2. The van der Waals surface area contributed by atoms with Gasteiger partial charge in [-0.15, -0.1) is 0 Å². The second kappa shape index (κ2) is 6.87. The summed E-state index contributed by atoms with van der Waals surface area (Å²) in [6, 6.07) is 8.66. The second-order valence-electron chi connectivity index (χ2n) is 5.10. The lowest BCUT2D eigenvalue weighted by molar-refractivity contribution is 0.423. The number of pyridine rings is 1. The number of hydrogen-bond donors (Lipinski definition) is 1. The topological polar surface area (TPSA) is 34.1 Å². The first-order valence-corrected chi connectivity index (χ1v) is 7.17. The monoisotopic (exact) mass is 308 g/mol. The lowest BCUT2D eigenvalue weighted by Crippen LogP contribution is -2.22. The fourth-order valence-corrected chi connectivity index (χ4v) is 1.93. The van der Waals surface area contributed by atoms with Gasteiger partial charge in [0.05, 0.1) is 10.7 Å². The van der Waals surface area contributed by atoms with E-state index in [1.807, 2.05) is 13.8 Å². The molecule has 112 valence electrons. The molecule has 1 N–H and O–H groups in total. The van der Waals surface area contributed by atoms with Crippen molar-refractivity contribution in [2.45, 2.75) is 33.4 Å². The van der Waals surface area contributed by atoms with Gasteiger partial charge in [-0.25, -0.2) is 9.37 Å². The largest absolute Gasteiger partial charge is 0.436 e. The van der Waals surface area contributed by atoms with E-state index in [0.717, 1.165) is 0 Å². The molecule has 0 unspecified atom stereocenters. The summed E-state index contributed by atoms with van der Waals surface area (Å²) in [4.78, 5) is 4.33. The zero-order valence-electron chi connectivity index (χ0n) is 12.3. The van der Waals surface area contributed by atoms with Gasteiger partial charge in [-0.05, 0) is 24.6 Å². The molecule has 0 bridgehead atoms. The van der Waals surface area contributed by atoms with Gasteiger partial charge in [0.2, 0.25) is 5.88 Å². The van der Waals surface area contributed by atoms with Crippen LogP contribution in [-0.4, -0.2) is 11.0 Å². The van der Waals surface area contributed by atoms with Gasteiger partial charge in [0.15, 0.2) is 11.6 Å². The molecule has 0 amide bonds. The SMILES string of the molecule is Cc1cccc(Oc2ccc(Cl)c(CNC(C)C)n2)c1F. The molecule has 1 aromatic heterocycles. The Morgan fingerprint density at radius 3 is 2.76 bits per heavy atom. The first kappa shape index (κ1) is 15.7. The van der Waals surface area contributed by atoms with E-state index in [-0.39, 0.29) is 11.6 Å². The molecule has 0 atom stereocenters. The Hall–Kier alpha value is -1.65. The van der Waals surface area contributed by atoms with Crippen LogP contribution in [0.3, 0.4) is 0 Å². The maximum absolute atomic E-state index is 13.9. The highest BCUT2D eigenvalue weighted by atomic mass is 35.5. The van der Waals surface area contributed by atoms with E-state index in [4.69, 9.17) is 16.3 Å². The Bertz CT molecular complexity index is 632. The third-order valence-electron chi connectivity index (χ3n) is 2.94. The number of aryl methyl sites for hydroxylation is 1. The quantitative estimate of drug-likeness (QED) is 0.884. The number of benzene rings is 1. The third-order valence-corrected chi connectivity index (χ3v) is 3.29. The van der Waals surface area contributed by atoms with Crippen LogP contribution < -0.4 is 10.1 Å². The van der Waals surface area contributed by atoms with Crippen LogP contribution in [0.25, 0.3) is 0 Å². The molecule has 0 aliphatic carbocycles. The van der Waals surface area contributed by atoms with Crippen molar-refractivity contribution >= 4 is 11.6 Å². The Morgan fingerprint density at radius 2 is 2.05 bits per heavy atom. The van der Waals surface area contributed by atoms with Crippen LogP contribution in [0, 0.1) is 12.7 Å². The molecule has 21 heavy (non-hydrogen) atoms. The summed E-state index contributed by atoms with van der Waals surface area (Å²) >= 11 is 6.11. The number of nitrogens with one attached hydrogen (secondary N) is 1. The van der Waals surface area contributed by atoms with E-state index >= 15 is 0 Å².